The van der Waals surface area contributed by atoms with Gasteiger partial charge in [-0.1, -0.05) is 13.8 Å². The van der Waals surface area contributed by atoms with E-state index in [2.05, 4.69) is 23.9 Å². The van der Waals surface area contributed by atoms with Crippen molar-refractivity contribution in [1.82, 2.24) is 14.8 Å². The molecule has 1 aromatic carbocycles. The summed E-state index contributed by atoms with van der Waals surface area (Å²) in [5, 5.41) is 13.5. The van der Waals surface area contributed by atoms with Gasteiger partial charge in [-0.25, -0.2) is 14.5 Å². The van der Waals surface area contributed by atoms with Gasteiger partial charge in [-0.15, -0.1) is 12.4 Å². The molecular weight excluding hydrogens is 304 g/mol. The number of nitrogens with zero attached hydrogens (tertiary/aromatic N) is 3. The summed E-state index contributed by atoms with van der Waals surface area (Å²) < 4.78 is 1.75. The van der Waals surface area contributed by atoms with Crippen LogP contribution in [0.3, 0.4) is 0 Å². The molecule has 0 atom stereocenters. The van der Waals surface area contributed by atoms with Crippen molar-refractivity contribution < 1.29 is 9.90 Å². The summed E-state index contributed by atoms with van der Waals surface area (Å²) in [6.45, 7) is 4.73. The lowest BCUT2D eigenvalue weighted by Gasteiger charge is -2.05. The second-order valence-electron chi connectivity index (χ2n) is 5.34. The number of halogens is 1. The van der Waals surface area contributed by atoms with Crippen LogP contribution in [-0.2, 0) is 12.8 Å². The Morgan fingerprint density at radius 3 is 2.45 bits per heavy atom. The lowest BCUT2D eigenvalue weighted by Crippen LogP contribution is -2.10. The molecule has 0 aliphatic heterocycles. The molecule has 0 radical (unpaired) electrons. The van der Waals surface area contributed by atoms with Gasteiger partial charge in [-0.3, -0.25) is 0 Å². The molecule has 0 fully saturated rings. The topological polar surface area (TPSA) is 94.0 Å². The van der Waals surface area contributed by atoms with Crippen molar-refractivity contribution in [3.05, 3.63) is 41.5 Å². The van der Waals surface area contributed by atoms with E-state index in [0.29, 0.717) is 18.9 Å². The van der Waals surface area contributed by atoms with Gasteiger partial charge in [-0.2, -0.15) is 5.10 Å². The first kappa shape index (κ1) is 18.1. The minimum Gasteiger partial charge on any atom is -0.478 e. The van der Waals surface area contributed by atoms with Gasteiger partial charge in [0.15, 0.2) is 5.82 Å². The van der Waals surface area contributed by atoms with Crippen molar-refractivity contribution in [3.8, 4) is 5.69 Å². The highest BCUT2D eigenvalue weighted by atomic mass is 35.5. The zero-order valence-corrected chi connectivity index (χ0v) is 13.5. The smallest absolute Gasteiger partial charge is 0.335 e. The lowest BCUT2D eigenvalue weighted by atomic mass is 10.1. The van der Waals surface area contributed by atoms with E-state index in [1.165, 1.54) is 0 Å². The van der Waals surface area contributed by atoms with Crippen LogP contribution in [-0.4, -0.2) is 32.4 Å². The largest absolute Gasteiger partial charge is 0.478 e. The average Bonchev–Trinajstić information content (AvgIpc) is 2.81. The number of aromatic nitrogens is 3. The Labute approximate surface area is 135 Å². The van der Waals surface area contributed by atoms with E-state index in [-0.39, 0.29) is 18.0 Å². The summed E-state index contributed by atoms with van der Waals surface area (Å²) >= 11 is 0. The van der Waals surface area contributed by atoms with Crippen molar-refractivity contribution in [2.24, 2.45) is 11.7 Å². The van der Waals surface area contributed by atoms with Gasteiger partial charge in [0.05, 0.1) is 11.3 Å². The quantitative estimate of drug-likeness (QED) is 0.848. The zero-order valence-electron chi connectivity index (χ0n) is 12.7. The Morgan fingerprint density at radius 2 is 1.95 bits per heavy atom. The number of rotatable bonds is 6. The van der Waals surface area contributed by atoms with E-state index in [0.717, 1.165) is 23.8 Å². The molecule has 0 aliphatic rings. The number of carboxylic acids is 1. The highest BCUT2D eigenvalue weighted by molar-refractivity contribution is 5.87. The fourth-order valence-corrected chi connectivity index (χ4v) is 2.09. The Balaban J connectivity index is 0.00000242. The maximum atomic E-state index is 10.9. The molecule has 3 N–H and O–H groups in total. The van der Waals surface area contributed by atoms with Crippen LogP contribution in [0.15, 0.2) is 24.3 Å². The third-order valence-corrected chi connectivity index (χ3v) is 3.04. The van der Waals surface area contributed by atoms with Crippen LogP contribution in [0.25, 0.3) is 5.69 Å². The molecule has 7 heteroatoms. The van der Waals surface area contributed by atoms with Crippen LogP contribution in [0.1, 0.15) is 35.9 Å². The maximum absolute atomic E-state index is 10.9. The second kappa shape index (κ2) is 7.91. The van der Waals surface area contributed by atoms with Crippen molar-refractivity contribution in [1.29, 1.82) is 0 Å². The highest BCUT2D eigenvalue weighted by Crippen LogP contribution is 2.14. The SMILES string of the molecule is CC(C)Cc1nc(CCN)n(-c2ccc(C(=O)O)cc2)n1.Cl. The van der Waals surface area contributed by atoms with E-state index in [4.69, 9.17) is 10.8 Å². The van der Waals surface area contributed by atoms with Crippen LogP contribution in [0, 0.1) is 5.92 Å². The Bertz CT molecular complexity index is 623. The van der Waals surface area contributed by atoms with Crippen molar-refractivity contribution in [3.63, 3.8) is 0 Å². The number of aromatic carboxylic acids is 1. The van der Waals surface area contributed by atoms with E-state index < -0.39 is 5.97 Å². The maximum Gasteiger partial charge on any atom is 0.335 e. The molecule has 0 amide bonds. The van der Waals surface area contributed by atoms with Crippen LogP contribution in [0.2, 0.25) is 0 Å². The van der Waals surface area contributed by atoms with Crippen molar-refractivity contribution in [2.75, 3.05) is 6.54 Å². The molecule has 22 heavy (non-hydrogen) atoms. The van der Waals surface area contributed by atoms with Gasteiger partial charge in [0, 0.05) is 12.8 Å². The Morgan fingerprint density at radius 1 is 1.32 bits per heavy atom. The molecule has 0 saturated heterocycles. The van der Waals surface area contributed by atoms with Crippen molar-refractivity contribution >= 4 is 18.4 Å². The van der Waals surface area contributed by atoms with Crippen LogP contribution < -0.4 is 5.73 Å². The first-order valence-electron chi connectivity index (χ1n) is 7.00. The number of carboxylic acid groups (broad SMARTS) is 1. The van der Waals surface area contributed by atoms with Crippen LogP contribution in [0.5, 0.6) is 0 Å². The van der Waals surface area contributed by atoms with Gasteiger partial charge in [0.1, 0.15) is 5.82 Å². The summed E-state index contributed by atoms with van der Waals surface area (Å²) in [5.74, 6) is 1.12. The minimum absolute atomic E-state index is 0. The average molecular weight is 325 g/mol. The Kier molecular flexibility index (Phi) is 6.52. The Hall–Kier alpha value is -1.92. The highest BCUT2D eigenvalue weighted by Gasteiger charge is 2.12. The van der Waals surface area contributed by atoms with E-state index in [1.54, 1.807) is 28.9 Å². The van der Waals surface area contributed by atoms with Crippen molar-refractivity contribution in [2.45, 2.75) is 26.7 Å². The molecule has 0 bridgehead atoms. The van der Waals surface area contributed by atoms with E-state index in [9.17, 15) is 4.79 Å². The molecule has 6 nitrogen and oxygen atoms in total. The second-order valence-corrected chi connectivity index (χ2v) is 5.34. The molecule has 0 saturated carbocycles. The molecule has 0 aliphatic carbocycles. The lowest BCUT2D eigenvalue weighted by molar-refractivity contribution is 0.0697. The van der Waals surface area contributed by atoms with E-state index >= 15 is 0 Å². The van der Waals surface area contributed by atoms with Gasteiger partial charge < -0.3 is 10.8 Å². The number of carbonyl (C=O) groups is 1. The van der Waals surface area contributed by atoms with E-state index in [1.807, 2.05) is 0 Å². The summed E-state index contributed by atoms with van der Waals surface area (Å²) in [7, 11) is 0. The molecule has 1 aromatic heterocycles. The standard InChI is InChI=1S/C15H20N4O2.ClH/c1-10(2)9-13-17-14(7-8-16)19(18-13)12-5-3-11(4-6-12)15(20)21;/h3-6,10H,7-9,16H2,1-2H3,(H,20,21);1H. The normalized spacial score (nSPS) is 10.5. The molecule has 2 aromatic rings. The number of hydrogen-bond acceptors (Lipinski definition) is 4. The van der Waals surface area contributed by atoms with Crippen LogP contribution in [0.4, 0.5) is 0 Å². The first-order chi connectivity index (χ1) is 10.0. The van der Waals surface area contributed by atoms with Gasteiger partial charge >= 0.3 is 5.97 Å². The molecular formula is C15H21ClN4O2. The van der Waals surface area contributed by atoms with Crippen LogP contribution >= 0.6 is 12.4 Å². The fraction of sp³-hybridized carbons (Fsp3) is 0.400. The minimum atomic E-state index is -0.942. The predicted molar refractivity (Wildman–Crippen MR) is 86.9 cm³/mol. The zero-order chi connectivity index (χ0) is 15.4. The molecule has 0 spiro atoms. The summed E-state index contributed by atoms with van der Waals surface area (Å²) in [4.78, 5) is 15.4. The first-order valence-corrected chi connectivity index (χ1v) is 7.00. The third-order valence-electron chi connectivity index (χ3n) is 3.04. The third kappa shape index (κ3) is 4.29. The molecule has 1 heterocycles. The molecule has 2 rings (SSSR count). The van der Waals surface area contributed by atoms with Gasteiger partial charge in [0.25, 0.3) is 0 Å². The monoisotopic (exact) mass is 324 g/mol. The number of benzene rings is 1. The molecule has 120 valence electrons. The summed E-state index contributed by atoms with van der Waals surface area (Å²) in [6.07, 6.45) is 1.43. The number of hydrogen-bond donors (Lipinski definition) is 2. The predicted octanol–water partition coefficient (Wildman–Crippen LogP) is 2.09. The summed E-state index contributed by atoms with van der Waals surface area (Å²) in [6, 6.07) is 6.59. The molecule has 0 unspecified atom stereocenters. The number of nitrogens with two attached hydrogens (primary N) is 1. The fourth-order valence-electron chi connectivity index (χ4n) is 2.09. The van der Waals surface area contributed by atoms with Gasteiger partial charge in [0.2, 0.25) is 0 Å². The van der Waals surface area contributed by atoms with Gasteiger partial charge in [-0.05, 0) is 36.7 Å². The summed E-state index contributed by atoms with van der Waals surface area (Å²) in [5.41, 5.74) is 6.67.